The van der Waals surface area contributed by atoms with Gasteiger partial charge in [-0.25, -0.2) is 8.42 Å². The predicted molar refractivity (Wildman–Crippen MR) is 90.6 cm³/mol. The molecule has 1 rings (SSSR count). The lowest BCUT2D eigenvalue weighted by molar-refractivity contribution is 0.216. The molecule has 120 valence electrons. The molecule has 0 bridgehead atoms. The summed E-state index contributed by atoms with van der Waals surface area (Å²) in [6.45, 7) is 10.2. The van der Waals surface area contributed by atoms with Gasteiger partial charge < -0.3 is 5.73 Å². The fourth-order valence-electron chi connectivity index (χ4n) is 2.02. The zero-order valence-corrected chi connectivity index (χ0v) is 16.0. The van der Waals surface area contributed by atoms with Crippen LogP contribution >= 0.6 is 15.9 Å². The summed E-state index contributed by atoms with van der Waals surface area (Å²) < 4.78 is 27.9. The Labute approximate surface area is 136 Å². The Kier molecular flexibility index (Phi) is 5.64. The highest BCUT2D eigenvalue weighted by Gasteiger charge is 2.33. The van der Waals surface area contributed by atoms with Gasteiger partial charge in [0.05, 0.1) is 4.90 Å². The summed E-state index contributed by atoms with van der Waals surface area (Å²) >= 11 is 3.40. The van der Waals surface area contributed by atoms with Crippen LogP contribution in [0.3, 0.4) is 0 Å². The van der Waals surface area contributed by atoms with Crippen molar-refractivity contribution in [3.05, 3.63) is 27.7 Å². The first-order valence-electron chi connectivity index (χ1n) is 6.90. The third-order valence-electron chi connectivity index (χ3n) is 3.97. The van der Waals surface area contributed by atoms with Crippen molar-refractivity contribution < 1.29 is 8.42 Å². The number of sulfonamides is 1. The van der Waals surface area contributed by atoms with E-state index in [4.69, 9.17) is 5.73 Å². The molecule has 0 aliphatic rings. The molecule has 1 atom stereocenters. The molecule has 0 spiro atoms. The van der Waals surface area contributed by atoms with Gasteiger partial charge in [0.1, 0.15) is 0 Å². The number of hydrogen-bond donors (Lipinski definition) is 1. The monoisotopic (exact) mass is 376 g/mol. The average molecular weight is 377 g/mol. The molecule has 0 heterocycles. The van der Waals surface area contributed by atoms with Gasteiger partial charge in [0, 0.05) is 24.1 Å². The van der Waals surface area contributed by atoms with E-state index in [1.807, 2.05) is 40.7 Å². The van der Waals surface area contributed by atoms with Gasteiger partial charge in [-0.1, -0.05) is 26.8 Å². The van der Waals surface area contributed by atoms with Crippen LogP contribution in [-0.2, 0) is 16.6 Å². The maximum atomic E-state index is 12.9. The number of halogens is 1. The molecule has 4 nitrogen and oxygen atoms in total. The highest BCUT2D eigenvalue weighted by atomic mass is 79.9. The molecule has 2 N–H and O–H groups in total. The molecule has 0 radical (unpaired) electrons. The molecule has 0 saturated carbocycles. The van der Waals surface area contributed by atoms with Crippen molar-refractivity contribution in [2.45, 2.75) is 52.1 Å². The van der Waals surface area contributed by atoms with Crippen LogP contribution in [0.25, 0.3) is 0 Å². The van der Waals surface area contributed by atoms with Crippen molar-refractivity contribution in [3.8, 4) is 0 Å². The lowest BCUT2D eigenvalue weighted by Gasteiger charge is -2.34. The van der Waals surface area contributed by atoms with E-state index in [-0.39, 0.29) is 16.4 Å². The first kappa shape index (κ1) is 18.6. The standard InChI is InChI=1S/C15H25BrN2O2S/c1-10-7-12(9-17)8-13(14(10)16)21(19,20)18(6)11(2)15(3,4)5/h7-8,11H,9,17H2,1-6H3. The summed E-state index contributed by atoms with van der Waals surface area (Å²) in [6.07, 6.45) is 0. The Morgan fingerprint density at radius 3 is 2.29 bits per heavy atom. The zero-order valence-electron chi connectivity index (χ0n) is 13.6. The van der Waals surface area contributed by atoms with Crippen molar-refractivity contribution >= 4 is 26.0 Å². The number of nitrogens with zero attached hydrogens (tertiary/aromatic N) is 1. The van der Waals surface area contributed by atoms with E-state index in [1.54, 1.807) is 13.1 Å². The smallest absolute Gasteiger partial charge is 0.244 e. The van der Waals surface area contributed by atoms with Gasteiger partial charge in [-0.3, -0.25) is 0 Å². The van der Waals surface area contributed by atoms with Crippen molar-refractivity contribution in [1.29, 1.82) is 0 Å². The first-order chi connectivity index (χ1) is 9.42. The summed E-state index contributed by atoms with van der Waals surface area (Å²) in [5.74, 6) is 0. The van der Waals surface area contributed by atoms with Gasteiger partial charge in [0.2, 0.25) is 10.0 Å². The van der Waals surface area contributed by atoms with Crippen molar-refractivity contribution in [1.82, 2.24) is 4.31 Å². The third-order valence-corrected chi connectivity index (χ3v) is 7.24. The normalized spacial score (nSPS) is 14.5. The second kappa shape index (κ2) is 6.36. The lowest BCUT2D eigenvalue weighted by atomic mass is 9.88. The van der Waals surface area contributed by atoms with Crippen LogP contribution in [0, 0.1) is 12.3 Å². The van der Waals surface area contributed by atoms with Gasteiger partial charge in [-0.05, 0) is 52.4 Å². The molecular formula is C15H25BrN2O2S. The quantitative estimate of drug-likeness (QED) is 0.876. The van der Waals surface area contributed by atoms with Crippen LogP contribution < -0.4 is 5.73 Å². The SMILES string of the molecule is Cc1cc(CN)cc(S(=O)(=O)N(C)C(C)C(C)(C)C)c1Br. The second-order valence-corrected chi connectivity index (χ2v) is 9.25. The molecule has 0 aliphatic carbocycles. The summed E-state index contributed by atoms with van der Waals surface area (Å²) in [4.78, 5) is 0.279. The number of nitrogens with two attached hydrogens (primary N) is 1. The Balaban J connectivity index is 3.41. The summed E-state index contributed by atoms with van der Waals surface area (Å²) in [6, 6.07) is 3.42. The predicted octanol–water partition coefficient (Wildman–Crippen LogP) is 3.27. The molecule has 21 heavy (non-hydrogen) atoms. The minimum atomic E-state index is -3.58. The van der Waals surface area contributed by atoms with E-state index >= 15 is 0 Å². The molecule has 0 saturated heterocycles. The van der Waals surface area contributed by atoms with E-state index in [1.165, 1.54) is 4.31 Å². The first-order valence-corrected chi connectivity index (χ1v) is 9.13. The molecule has 0 amide bonds. The third kappa shape index (κ3) is 3.86. The lowest BCUT2D eigenvalue weighted by Crippen LogP contribution is -2.43. The number of aryl methyl sites for hydroxylation is 1. The maximum Gasteiger partial charge on any atom is 0.244 e. The summed E-state index contributed by atoms with van der Waals surface area (Å²) in [5, 5.41) is 0. The number of hydrogen-bond acceptors (Lipinski definition) is 3. The highest BCUT2D eigenvalue weighted by molar-refractivity contribution is 9.10. The molecule has 6 heteroatoms. The van der Waals surface area contributed by atoms with Gasteiger partial charge in [0.25, 0.3) is 0 Å². The number of benzene rings is 1. The maximum absolute atomic E-state index is 12.9. The fraction of sp³-hybridized carbons (Fsp3) is 0.600. The Bertz CT molecular complexity index is 621. The van der Waals surface area contributed by atoms with Crippen LogP contribution in [0.2, 0.25) is 0 Å². The Morgan fingerprint density at radius 1 is 1.33 bits per heavy atom. The number of rotatable bonds is 4. The second-order valence-electron chi connectivity index (χ2n) is 6.49. The molecule has 0 aliphatic heterocycles. The van der Waals surface area contributed by atoms with Crippen molar-refractivity contribution in [2.75, 3.05) is 7.05 Å². The van der Waals surface area contributed by atoms with Gasteiger partial charge >= 0.3 is 0 Å². The van der Waals surface area contributed by atoms with Crippen molar-refractivity contribution in [3.63, 3.8) is 0 Å². The summed E-state index contributed by atoms with van der Waals surface area (Å²) in [7, 11) is -1.95. The van der Waals surface area contributed by atoms with E-state index in [0.29, 0.717) is 11.0 Å². The van der Waals surface area contributed by atoms with Crippen LogP contribution in [0.1, 0.15) is 38.8 Å². The molecule has 0 aromatic heterocycles. The van der Waals surface area contributed by atoms with E-state index in [9.17, 15) is 8.42 Å². The van der Waals surface area contributed by atoms with E-state index in [2.05, 4.69) is 15.9 Å². The van der Waals surface area contributed by atoms with Gasteiger partial charge in [0.15, 0.2) is 0 Å². The highest BCUT2D eigenvalue weighted by Crippen LogP contribution is 2.33. The minimum absolute atomic E-state index is 0.128. The topological polar surface area (TPSA) is 63.4 Å². The van der Waals surface area contributed by atoms with Gasteiger partial charge in [-0.15, -0.1) is 0 Å². The van der Waals surface area contributed by atoms with E-state index < -0.39 is 10.0 Å². The van der Waals surface area contributed by atoms with Crippen LogP contribution in [0.5, 0.6) is 0 Å². The van der Waals surface area contributed by atoms with Crippen LogP contribution in [0.4, 0.5) is 0 Å². The molecule has 0 fully saturated rings. The molecule has 1 unspecified atom stereocenters. The Morgan fingerprint density at radius 2 is 1.86 bits per heavy atom. The zero-order chi connectivity index (χ0) is 16.6. The Hall–Kier alpha value is -0.430. The summed E-state index contributed by atoms with van der Waals surface area (Å²) in [5.41, 5.74) is 7.20. The van der Waals surface area contributed by atoms with Crippen LogP contribution in [0.15, 0.2) is 21.5 Å². The van der Waals surface area contributed by atoms with Crippen molar-refractivity contribution in [2.24, 2.45) is 11.1 Å². The largest absolute Gasteiger partial charge is 0.326 e. The molecule has 1 aromatic carbocycles. The molecular weight excluding hydrogens is 352 g/mol. The molecule has 1 aromatic rings. The fourth-order valence-corrected chi connectivity index (χ4v) is 4.60. The average Bonchev–Trinajstić information content (AvgIpc) is 2.38. The van der Waals surface area contributed by atoms with Gasteiger partial charge in [-0.2, -0.15) is 4.31 Å². The minimum Gasteiger partial charge on any atom is -0.326 e. The van der Waals surface area contributed by atoms with E-state index in [0.717, 1.165) is 11.1 Å². The van der Waals surface area contributed by atoms with Crippen LogP contribution in [-0.4, -0.2) is 25.8 Å².